The SMILES string of the molecule is CCc1ccc(N(C(C)=O)c2nc(COC(=O)c3sccc3C)cs2)cc1. The van der Waals surface area contributed by atoms with Crippen molar-refractivity contribution >= 4 is 45.4 Å². The lowest BCUT2D eigenvalue weighted by Gasteiger charge is -2.18. The second-order valence-corrected chi connectivity index (χ2v) is 7.76. The molecule has 0 radical (unpaired) electrons. The van der Waals surface area contributed by atoms with Gasteiger partial charge >= 0.3 is 5.97 Å². The van der Waals surface area contributed by atoms with Gasteiger partial charge in [-0.2, -0.15) is 0 Å². The predicted molar refractivity (Wildman–Crippen MR) is 109 cm³/mol. The quantitative estimate of drug-likeness (QED) is 0.539. The Morgan fingerprint density at radius 1 is 1.15 bits per heavy atom. The molecule has 0 aliphatic carbocycles. The van der Waals surface area contributed by atoms with E-state index in [1.807, 2.05) is 42.6 Å². The van der Waals surface area contributed by atoms with Crippen LogP contribution < -0.4 is 4.90 Å². The molecule has 0 aliphatic heterocycles. The van der Waals surface area contributed by atoms with Gasteiger partial charge in [0.05, 0.1) is 11.4 Å². The van der Waals surface area contributed by atoms with Gasteiger partial charge in [0.15, 0.2) is 5.13 Å². The van der Waals surface area contributed by atoms with Crippen LogP contribution in [0.1, 0.15) is 40.3 Å². The molecule has 0 N–H and O–H groups in total. The number of esters is 1. The van der Waals surface area contributed by atoms with Gasteiger partial charge in [0, 0.05) is 12.3 Å². The van der Waals surface area contributed by atoms with Crippen molar-refractivity contribution in [2.75, 3.05) is 4.90 Å². The van der Waals surface area contributed by atoms with Crippen molar-refractivity contribution in [1.82, 2.24) is 4.98 Å². The van der Waals surface area contributed by atoms with Crippen LogP contribution in [0.15, 0.2) is 41.1 Å². The third kappa shape index (κ3) is 4.43. The van der Waals surface area contributed by atoms with Crippen molar-refractivity contribution in [1.29, 1.82) is 0 Å². The van der Waals surface area contributed by atoms with Crippen LogP contribution in [0.4, 0.5) is 10.8 Å². The monoisotopic (exact) mass is 400 g/mol. The molecular weight excluding hydrogens is 380 g/mol. The first-order valence-corrected chi connectivity index (χ1v) is 10.3. The predicted octanol–water partition coefficient (Wildman–Crippen LogP) is 5.12. The van der Waals surface area contributed by atoms with E-state index in [1.54, 1.807) is 10.3 Å². The summed E-state index contributed by atoms with van der Waals surface area (Å²) < 4.78 is 5.36. The fourth-order valence-electron chi connectivity index (χ4n) is 2.56. The maximum absolute atomic E-state index is 12.2. The first-order valence-electron chi connectivity index (χ1n) is 8.54. The molecule has 3 aromatic rings. The van der Waals surface area contributed by atoms with E-state index in [4.69, 9.17) is 4.74 Å². The summed E-state index contributed by atoms with van der Waals surface area (Å²) in [5.74, 6) is -0.470. The Morgan fingerprint density at radius 3 is 2.48 bits per heavy atom. The number of carbonyl (C=O) groups is 2. The zero-order valence-electron chi connectivity index (χ0n) is 15.4. The number of thiazole rings is 1. The average molecular weight is 401 g/mol. The van der Waals surface area contributed by atoms with Crippen molar-refractivity contribution < 1.29 is 14.3 Å². The van der Waals surface area contributed by atoms with E-state index in [0.29, 0.717) is 15.7 Å². The van der Waals surface area contributed by atoms with Gasteiger partial charge in [-0.05, 0) is 48.1 Å². The summed E-state index contributed by atoms with van der Waals surface area (Å²) in [4.78, 5) is 31.0. The lowest BCUT2D eigenvalue weighted by molar-refractivity contribution is -0.115. The van der Waals surface area contributed by atoms with E-state index in [9.17, 15) is 9.59 Å². The molecule has 0 saturated carbocycles. The fraction of sp³-hybridized carbons (Fsp3) is 0.250. The topological polar surface area (TPSA) is 59.5 Å². The number of hydrogen-bond donors (Lipinski definition) is 0. The Morgan fingerprint density at radius 2 is 1.89 bits per heavy atom. The zero-order chi connectivity index (χ0) is 19.4. The maximum Gasteiger partial charge on any atom is 0.348 e. The molecule has 3 rings (SSSR count). The van der Waals surface area contributed by atoms with Gasteiger partial charge in [-0.1, -0.05) is 19.1 Å². The number of amides is 1. The van der Waals surface area contributed by atoms with Gasteiger partial charge in [0.2, 0.25) is 5.91 Å². The number of anilines is 2. The minimum absolute atomic E-state index is 0.0766. The fourth-order valence-corrected chi connectivity index (χ4v) is 4.25. The Labute approximate surface area is 166 Å². The van der Waals surface area contributed by atoms with Crippen molar-refractivity contribution in [2.24, 2.45) is 0 Å². The highest BCUT2D eigenvalue weighted by molar-refractivity contribution is 7.14. The molecule has 27 heavy (non-hydrogen) atoms. The van der Waals surface area contributed by atoms with Crippen molar-refractivity contribution in [3.63, 3.8) is 0 Å². The van der Waals surface area contributed by atoms with E-state index in [2.05, 4.69) is 11.9 Å². The molecule has 7 heteroatoms. The second-order valence-electron chi connectivity index (χ2n) is 6.00. The number of carbonyl (C=O) groups excluding carboxylic acids is 2. The third-order valence-corrected chi connectivity index (χ3v) is 5.92. The summed E-state index contributed by atoms with van der Waals surface area (Å²) in [6.45, 7) is 5.55. The van der Waals surface area contributed by atoms with E-state index in [-0.39, 0.29) is 18.5 Å². The molecule has 140 valence electrons. The van der Waals surface area contributed by atoms with Crippen LogP contribution in [-0.2, 0) is 22.6 Å². The molecule has 5 nitrogen and oxygen atoms in total. The minimum Gasteiger partial charge on any atom is -0.455 e. The van der Waals surface area contributed by atoms with Gasteiger partial charge in [-0.15, -0.1) is 22.7 Å². The average Bonchev–Trinajstić information content (AvgIpc) is 3.29. The molecule has 0 fully saturated rings. The van der Waals surface area contributed by atoms with Crippen LogP contribution in [0.3, 0.4) is 0 Å². The molecule has 1 amide bonds. The Kier molecular flexibility index (Phi) is 6.03. The maximum atomic E-state index is 12.2. The number of aryl methyl sites for hydroxylation is 2. The highest BCUT2D eigenvalue weighted by atomic mass is 32.1. The molecule has 0 bridgehead atoms. The van der Waals surface area contributed by atoms with Gasteiger partial charge in [0.1, 0.15) is 11.5 Å². The first-order chi connectivity index (χ1) is 13.0. The Balaban J connectivity index is 1.73. The molecular formula is C20H20N2O3S2. The summed E-state index contributed by atoms with van der Waals surface area (Å²) in [5, 5.41) is 4.23. The molecule has 1 aromatic carbocycles. The number of nitrogens with zero attached hydrogens (tertiary/aromatic N) is 2. The van der Waals surface area contributed by atoms with Crippen LogP contribution in [-0.4, -0.2) is 16.9 Å². The van der Waals surface area contributed by atoms with E-state index < -0.39 is 0 Å². The van der Waals surface area contributed by atoms with Crippen molar-refractivity contribution in [2.45, 2.75) is 33.8 Å². The molecule has 0 unspecified atom stereocenters. The largest absolute Gasteiger partial charge is 0.455 e. The van der Waals surface area contributed by atoms with E-state index >= 15 is 0 Å². The number of aromatic nitrogens is 1. The summed E-state index contributed by atoms with van der Waals surface area (Å²) >= 11 is 2.71. The summed E-state index contributed by atoms with van der Waals surface area (Å²) in [6.07, 6.45) is 0.941. The number of ether oxygens (including phenoxy) is 1. The van der Waals surface area contributed by atoms with Gasteiger partial charge in [-0.25, -0.2) is 9.78 Å². The second kappa shape index (κ2) is 8.45. The molecule has 0 atom stereocenters. The van der Waals surface area contributed by atoms with E-state index in [0.717, 1.165) is 17.7 Å². The van der Waals surface area contributed by atoms with Crippen molar-refractivity contribution in [3.8, 4) is 0 Å². The van der Waals surface area contributed by atoms with Gasteiger partial charge < -0.3 is 4.74 Å². The van der Waals surface area contributed by atoms with Crippen LogP contribution in [0, 0.1) is 6.92 Å². The molecule has 0 aliphatic rings. The molecule has 2 heterocycles. The lowest BCUT2D eigenvalue weighted by Crippen LogP contribution is -2.22. The van der Waals surface area contributed by atoms with Crippen molar-refractivity contribution in [3.05, 3.63) is 62.8 Å². The Hall–Kier alpha value is -2.51. The third-order valence-electron chi connectivity index (χ3n) is 4.05. The first kappa shape index (κ1) is 19.3. The molecule has 2 aromatic heterocycles. The summed E-state index contributed by atoms with van der Waals surface area (Å²) in [7, 11) is 0. The lowest BCUT2D eigenvalue weighted by atomic mass is 10.1. The smallest absolute Gasteiger partial charge is 0.348 e. The number of benzene rings is 1. The van der Waals surface area contributed by atoms with Crippen LogP contribution in [0.25, 0.3) is 0 Å². The minimum atomic E-state index is -0.351. The van der Waals surface area contributed by atoms with Crippen LogP contribution in [0.5, 0.6) is 0 Å². The zero-order valence-corrected chi connectivity index (χ0v) is 17.0. The normalized spacial score (nSPS) is 10.6. The van der Waals surface area contributed by atoms with Crippen LogP contribution >= 0.6 is 22.7 Å². The highest BCUT2D eigenvalue weighted by Crippen LogP contribution is 2.29. The highest BCUT2D eigenvalue weighted by Gasteiger charge is 2.19. The summed E-state index contributed by atoms with van der Waals surface area (Å²) in [6, 6.07) is 9.73. The summed E-state index contributed by atoms with van der Waals surface area (Å²) in [5.41, 5.74) is 3.50. The van der Waals surface area contributed by atoms with Gasteiger partial charge in [-0.3, -0.25) is 9.69 Å². The number of rotatable bonds is 6. The molecule has 0 saturated heterocycles. The molecule has 0 spiro atoms. The number of thiophene rings is 1. The van der Waals surface area contributed by atoms with Gasteiger partial charge in [0.25, 0.3) is 0 Å². The standard InChI is InChI=1S/C20H20N2O3S2/c1-4-15-5-7-17(8-6-15)22(14(3)23)20-21-16(12-27-20)11-25-19(24)18-13(2)9-10-26-18/h5-10,12H,4,11H2,1-3H3. The van der Waals surface area contributed by atoms with E-state index in [1.165, 1.54) is 35.2 Å². The van der Waals surface area contributed by atoms with Crippen LogP contribution in [0.2, 0.25) is 0 Å². The Bertz CT molecular complexity index is 944. The number of hydrogen-bond acceptors (Lipinski definition) is 6.